The molecule has 0 aromatic heterocycles. The van der Waals surface area contributed by atoms with Gasteiger partial charge in [-0.25, -0.2) is 0 Å². The Kier molecular flexibility index (Phi) is 9.16. The molecule has 0 aliphatic rings. The summed E-state index contributed by atoms with van der Waals surface area (Å²) in [6.45, 7) is 0. The first-order chi connectivity index (χ1) is 4.06. The van der Waals surface area contributed by atoms with Crippen LogP contribution in [-0.4, -0.2) is 70.1 Å². The van der Waals surface area contributed by atoms with Crippen LogP contribution in [-0.2, 0) is 10.1 Å². The van der Waals surface area contributed by atoms with Crippen LogP contribution in [0.25, 0.3) is 0 Å². The van der Waals surface area contributed by atoms with Crippen molar-refractivity contribution < 1.29 is 13.0 Å². The monoisotopic (exact) mass is 188 g/mol. The number of hydrogen-bond acceptors (Lipinski definition) is 3. The first-order valence-corrected chi connectivity index (χ1v) is 3.99. The van der Waals surface area contributed by atoms with Crippen molar-refractivity contribution in [3.05, 3.63) is 0 Å². The summed E-state index contributed by atoms with van der Waals surface area (Å²) >= 11 is 0. The Morgan fingerprint density at radius 2 is 2.00 bits per heavy atom. The van der Waals surface area contributed by atoms with Crippen molar-refractivity contribution in [1.82, 2.24) is 0 Å². The van der Waals surface area contributed by atoms with E-state index >= 15 is 0 Å². The maximum absolute atomic E-state index is 9.95. The van der Waals surface area contributed by atoms with E-state index in [1.807, 2.05) is 0 Å². The summed E-state index contributed by atoms with van der Waals surface area (Å²) in [6.07, 6.45) is 0.370. The summed E-state index contributed by atoms with van der Waals surface area (Å²) in [6, 6.07) is 1.76. The fourth-order valence-electron chi connectivity index (χ4n) is 0.334. The Balaban J connectivity index is 0. The van der Waals surface area contributed by atoms with Gasteiger partial charge in [-0.05, 0) is 6.42 Å². The molecule has 0 aromatic rings. The van der Waals surface area contributed by atoms with Crippen molar-refractivity contribution in [2.24, 2.45) is 0 Å². The molecule has 1 N–H and O–H groups in total. The third-order valence-corrected chi connectivity index (χ3v) is 1.50. The molecule has 0 saturated heterocycles. The van der Waals surface area contributed by atoms with Gasteiger partial charge in [-0.2, -0.15) is 13.7 Å². The van der Waals surface area contributed by atoms with Crippen LogP contribution >= 0.6 is 0 Å². The fraction of sp³-hybridized carbons (Fsp3) is 0.750. The smallest absolute Gasteiger partial charge is 0.264 e. The van der Waals surface area contributed by atoms with E-state index in [4.69, 9.17) is 9.81 Å². The van der Waals surface area contributed by atoms with Gasteiger partial charge < -0.3 is 0 Å². The zero-order valence-corrected chi connectivity index (χ0v) is 9.68. The number of unbranched alkanes of at least 4 members (excludes halogenated alkanes) is 1. The Labute approximate surface area is 103 Å². The van der Waals surface area contributed by atoms with Crippen LogP contribution in [0.1, 0.15) is 12.8 Å². The zero-order valence-electron chi connectivity index (χ0n) is 5.74. The molecule has 0 fully saturated rings. The standard InChI is InChI=1S/C4H7NO3S.K/c5-3-1-2-4-9(6,7)8;/h1-2,4H2,(H,6,7,8);. The van der Waals surface area contributed by atoms with Gasteiger partial charge in [0.2, 0.25) is 0 Å². The van der Waals surface area contributed by atoms with E-state index in [9.17, 15) is 8.42 Å². The molecule has 0 aliphatic carbocycles. The minimum atomic E-state index is -3.85. The molecule has 0 rings (SSSR count). The van der Waals surface area contributed by atoms with Crippen LogP contribution in [0.3, 0.4) is 0 Å². The molecule has 0 saturated carbocycles. The van der Waals surface area contributed by atoms with Crippen LogP contribution in [0.2, 0.25) is 0 Å². The van der Waals surface area contributed by atoms with Crippen molar-refractivity contribution in [3.8, 4) is 6.07 Å². The molecular formula is C4H7KNO3S. The van der Waals surface area contributed by atoms with Gasteiger partial charge in [-0.3, -0.25) is 4.55 Å². The normalized spacial score (nSPS) is 9.60. The first-order valence-electron chi connectivity index (χ1n) is 2.38. The summed E-state index contributed by atoms with van der Waals surface area (Å²) in [5.41, 5.74) is 0. The number of nitriles is 1. The Hall–Kier alpha value is 1.04. The summed E-state index contributed by atoms with van der Waals surface area (Å²) < 4.78 is 28.0. The molecule has 0 atom stereocenters. The predicted octanol–water partition coefficient (Wildman–Crippen LogP) is -0.203. The van der Waals surface area contributed by atoms with Gasteiger partial charge in [0, 0.05) is 57.8 Å². The second kappa shape index (κ2) is 6.73. The van der Waals surface area contributed by atoms with Crippen molar-refractivity contribution >= 4 is 61.5 Å². The second-order valence-electron chi connectivity index (χ2n) is 1.55. The van der Waals surface area contributed by atoms with Crippen molar-refractivity contribution in [3.63, 3.8) is 0 Å². The van der Waals surface area contributed by atoms with Gasteiger partial charge in [-0.1, -0.05) is 0 Å². The second-order valence-corrected chi connectivity index (χ2v) is 3.12. The molecule has 53 valence electrons. The number of rotatable bonds is 3. The molecule has 0 unspecified atom stereocenters. The minimum absolute atomic E-state index is 0. The van der Waals surface area contributed by atoms with Crippen LogP contribution in [0.4, 0.5) is 0 Å². The average Bonchev–Trinajstić information content (AvgIpc) is 1.63. The topological polar surface area (TPSA) is 78.2 Å². The Bertz CT molecular complexity index is 205. The molecular weight excluding hydrogens is 181 g/mol. The maximum atomic E-state index is 9.95. The van der Waals surface area contributed by atoms with Crippen LogP contribution < -0.4 is 0 Å². The average molecular weight is 188 g/mol. The molecule has 0 bridgehead atoms. The molecule has 1 radical (unpaired) electrons. The summed E-state index contributed by atoms with van der Waals surface area (Å²) in [5, 5.41) is 7.94. The van der Waals surface area contributed by atoms with E-state index in [0.717, 1.165) is 0 Å². The summed E-state index contributed by atoms with van der Waals surface area (Å²) in [7, 11) is -3.85. The molecule has 0 aromatic carbocycles. The largest absolute Gasteiger partial charge is 0.286 e. The SMILES string of the molecule is N#CCCCS(=O)(=O)O.[K]. The Morgan fingerprint density at radius 1 is 1.50 bits per heavy atom. The van der Waals surface area contributed by atoms with Gasteiger partial charge in [0.05, 0.1) is 11.8 Å². The van der Waals surface area contributed by atoms with Crippen LogP contribution in [0.5, 0.6) is 0 Å². The molecule has 0 spiro atoms. The quantitative estimate of drug-likeness (QED) is 0.378. The fourth-order valence-corrected chi connectivity index (χ4v) is 0.843. The zero-order chi connectivity index (χ0) is 7.33. The van der Waals surface area contributed by atoms with Gasteiger partial charge in [-0.15, -0.1) is 0 Å². The molecule has 4 nitrogen and oxygen atoms in total. The first kappa shape index (κ1) is 13.6. The van der Waals surface area contributed by atoms with E-state index in [-0.39, 0.29) is 70.0 Å². The minimum Gasteiger partial charge on any atom is -0.286 e. The van der Waals surface area contributed by atoms with Gasteiger partial charge in [0.25, 0.3) is 10.1 Å². The van der Waals surface area contributed by atoms with Gasteiger partial charge in [0.1, 0.15) is 0 Å². The molecule has 0 aliphatic heterocycles. The predicted molar refractivity (Wildman–Crippen MR) is 37.0 cm³/mol. The third kappa shape index (κ3) is 11.8. The van der Waals surface area contributed by atoms with Crippen LogP contribution in [0.15, 0.2) is 0 Å². The van der Waals surface area contributed by atoms with E-state index in [2.05, 4.69) is 0 Å². The number of hydrogen-bond donors (Lipinski definition) is 1. The van der Waals surface area contributed by atoms with Crippen molar-refractivity contribution in [1.29, 1.82) is 5.26 Å². The van der Waals surface area contributed by atoms with Gasteiger partial charge in [0.15, 0.2) is 0 Å². The van der Waals surface area contributed by atoms with E-state index in [0.29, 0.717) is 0 Å². The van der Waals surface area contributed by atoms with Crippen molar-refractivity contribution in [2.45, 2.75) is 12.8 Å². The summed E-state index contributed by atoms with van der Waals surface area (Å²) in [5.74, 6) is -0.319. The summed E-state index contributed by atoms with van der Waals surface area (Å²) in [4.78, 5) is 0. The molecule has 0 amide bonds. The van der Waals surface area contributed by atoms with Crippen LogP contribution in [0, 0.1) is 11.3 Å². The molecule has 6 heteroatoms. The molecule has 0 heterocycles. The Morgan fingerprint density at radius 3 is 2.30 bits per heavy atom. The van der Waals surface area contributed by atoms with Crippen molar-refractivity contribution in [2.75, 3.05) is 5.75 Å². The van der Waals surface area contributed by atoms with E-state index in [1.54, 1.807) is 6.07 Å². The molecule has 10 heavy (non-hydrogen) atoms. The van der Waals surface area contributed by atoms with E-state index in [1.165, 1.54) is 0 Å². The van der Waals surface area contributed by atoms with Gasteiger partial charge >= 0.3 is 0 Å². The maximum Gasteiger partial charge on any atom is 0.264 e. The van der Waals surface area contributed by atoms with E-state index < -0.39 is 10.1 Å². The number of nitrogens with zero attached hydrogens (tertiary/aromatic N) is 1. The third-order valence-electron chi connectivity index (χ3n) is 0.691.